The van der Waals surface area contributed by atoms with Crippen molar-refractivity contribution in [1.29, 1.82) is 0 Å². The van der Waals surface area contributed by atoms with Crippen LogP contribution in [-0.2, 0) is 16.0 Å². The Labute approximate surface area is 151 Å². The van der Waals surface area contributed by atoms with E-state index in [9.17, 15) is 9.59 Å². The summed E-state index contributed by atoms with van der Waals surface area (Å²) in [5.41, 5.74) is 6.29. The van der Waals surface area contributed by atoms with Crippen molar-refractivity contribution in [1.82, 2.24) is 20.8 Å². The van der Waals surface area contributed by atoms with Crippen LogP contribution in [0, 0.1) is 0 Å². The number of fused-ring (bicyclic) bond motifs is 1. The van der Waals surface area contributed by atoms with E-state index in [1.54, 1.807) is 12.1 Å². The number of hydrogen-bond donors (Lipinski definition) is 3. The number of imidazole rings is 1. The molecule has 128 valence electrons. The highest BCUT2D eigenvalue weighted by atomic mass is 79.9. The van der Waals surface area contributed by atoms with Crippen LogP contribution in [0.4, 0.5) is 0 Å². The predicted molar refractivity (Wildman–Crippen MR) is 95.7 cm³/mol. The second-order valence-electron chi connectivity index (χ2n) is 5.22. The molecule has 0 aliphatic rings. The van der Waals surface area contributed by atoms with E-state index in [0.717, 1.165) is 15.5 Å². The Morgan fingerprint density at radius 1 is 1.04 bits per heavy atom. The molecule has 0 aliphatic heterocycles. The van der Waals surface area contributed by atoms with Crippen molar-refractivity contribution < 1.29 is 14.3 Å². The standard InChI is InChI=1S/C17H15BrN4O3/c18-11-5-7-12(8-6-11)25-10-17(24)22-21-16(23)9-15-19-13-3-1-2-4-14(13)20-15/h1-8H,9-10H2,(H,19,20)(H,21,23)(H,22,24). The monoisotopic (exact) mass is 402 g/mol. The van der Waals surface area contributed by atoms with Gasteiger partial charge in [0.2, 0.25) is 5.91 Å². The van der Waals surface area contributed by atoms with Crippen LogP contribution in [0.3, 0.4) is 0 Å². The number of para-hydroxylation sites is 2. The molecular formula is C17H15BrN4O3. The van der Waals surface area contributed by atoms with E-state index in [-0.39, 0.29) is 18.9 Å². The normalized spacial score (nSPS) is 10.4. The number of nitrogens with zero attached hydrogens (tertiary/aromatic N) is 1. The molecule has 25 heavy (non-hydrogen) atoms. The maximum Gasteiger partial charge on any atom is 0.276 e. The Hall–Kier alpha value is -2.87. The van der Waals surface area contributed by atoms with Gasteiger partial charge in [0.25, 0.3) is 5.91 Å². The molecule has 0 saturated carbocycles. The number of aromatic amines is 1. The summed E-state index contributed by atoms with van der Waals surface area (Å²) >= 11 is 3.31. The number of H-pyrrole nitrogens is 1. The third-order valence-corrected chi connectivity index (χ3v) is 3.82. The molecule has 0 aliphatic carbocycles. The van der Waals surface area contributed by atoms with Gasteiger partial charge in [0.15, 0.2) is 6.61 Å². The molecular weight excluding hydrogens is 388 g/mol. The van der Waals surface area contributed by atoms with Gasteiger partial charge < -0.3 is 9.72 Å². The van der Waals surface area contributed by atoms with Crippen LogP contribution in [0.15, 0.2) is 53.0 Å². The first-order valence-electron chi connectivity index (χ1n) is 7.50. The maximum absolute atomic E-state index is 11.9. The second-order valence-corrected chi connectivity index (χ2v) is 6.13. The molecule has 0 saturated heterocycles. The Morgan fingerprint density at radius 2 is 1.76 bits per heavy atom. The van der Waals surface area contributed by atoms with Gasteiger partial charge >= 0.3 is 0 Å². The molecule has 7 nitrogen and oxygen atoms in total. The van der Waals surface area contributed by atoms with E-state index in [1.807, 2.05) is 36.4 Å². The lowest BCUT2D eigenvalue weighted by molar-refractivity contribution is -0.129. The number of carbonyl (C=O) groups excluding carboxylic acids is 2. The lowest BCUT2D eigenvalue weighted by Crippen LogP contribution is -2.44. The Kier molecular flexibility index (Phi) is 5.30. The first kappa shape index (κ1) is 17.0. The molecule has 3 N–H and O–H groups in total. The number of nitrogens with one attached hydrogen (secondary N) is 3. The molecule has 0 radical (unpaired) electrons. The van der Waals surface area contributed by atoms with Crippen molar-refractivity contribution in [3.8, 4) is 5.75 Å². The summed E-state index contributed by atoms with van der Waals surface area (Å²) in [7, 11) is 0. The summed E-state index contributed by atoms with van der Waals surface area (Å²) in [5, 5.41) is 0. The van der Waals surface area contributed by atoms with Gasteiger partial charge in [0, 0.05) is 4.47 Å². The zero-order valence-electron chi connectivity index (χ0n) is 13.1. The first-order valence-corrected chi connectivity index (χ1v) is 8.29. The Bertz CT molecular complexity index is 859. The number of carbonyl (C=O) groups is 2. The van der Waals surface area contributed by atoms with Crippen molar-refractivity contribution in [2.45, 2.75) is 6.42 Å². The Balaban J connectivity index is 1.43. The molecule has 3 rings (SSSR count). The summed E-state index contributed by atoms with van der Waals surface area (Å²) in [6.45, 7) is -0.202. The Morgan fingerprint density at radius 3 is 2.52 bits per heavy atom. The van der Waals surface area contributed by atoms with Gasteiger partial charge in [-0.25, -0.2) is 4.98 Å². The van der Waals surface area contributed by atoms with Crippen LogP contribution in [-0.4, -0.2) is 28.4 Å². The van der Waals surface area contributed by atoms with Crippen LogP contribution in [0.5, 0.6) is 5.75 Å². The van der Waals surface area contributed by atoms with Crippen LogP contribution in [0.2, 0.25) is 0 Å². The van der Waals surface area contributed by atoms with Crippen molar-refractivity contribution in [2.75, 3.05) is 6.61 Å². The van der Waals surface area contributed by atoms with Gasteiger partial charge in [-0.3, -0.25) is 20.4 Å². The van der Waals surface area contributed by atoms with E-state index >= 15 is 0 Å². The maximum atomic E-state index is 11.9. The van der Waals surface area contributed by atoms with E-state index < -0.39 is 5.91 Å². The zero-order valence-corrected chi connectivity index (χ0v) is 14.7. The third kappa shape index (κ3) is 4.80. The number of aromatic nitrogens is 2. The number of halogens is 1. The van der Waals surface area contributed by atoms with Crippen molar-refractivity contribution >= 4 is 38.8 Å². The van der Waals surface area contributed by atoms with Crippen LogP contribution in [0.25, 0.3) is 11.0 Å². The highest BCUT2D eigenvalue weighted by molar-refractivity contribution is 9.10. The molecule has 2 aromatic carbocycles. The molecule has 3 aromatic rings. The number of hydrazine groups is 1. The third-order valence-electron chi connectivity index (χ3n) is 3.29. The summed E-state index contributed by atoms with van der Waals surface area (Å²) in [6, 6.07) is 14.6. The van der Waals surface area contributed by atoms with E-state index in [0.29, 0.717) is 11.6 Å². The summed E-state index contributed by atoms with van der Waals surface area (Å²) in [4.78, 5) is 30.9. The van der Waals surface area contributed by atoms with Crippen LogP contribution in [0.1, 0.15) is 5.82 Å². The quantitative estimate of drug-likeness (QED) is 0.569. The summed E-state index contributed by atoms with van der Waals surface area (Å²) in [6.07, 6.45) is 0.0303. The molecule has 1 aromatic heterocycles. The molecule has 0 unspecified atom stereocenters. The number of amides is 2. The molecule has 0 fully saturated rings. The van der Waals surface area contributed by atoms with Gasteiger partial charge in [0.1, 0.15) is 11.6 Å². The van der Waals surface area contributed by atoms with E-state index in [4.69, 9.17) is 4.74 Å². The average molecular weight is 403 g/mol. The molecule has 8 heteroatoms. The first-order chi connectivity index (χ1) is 12.1. The fourth-order valence-electron chi connectivity index (χ4n) is 2.14. The fourth-order valence-corrected chi connectivity index (χ4v) is 2.41. The zero-order chi connectivity index (χ0) is 17.6. The van der Waals surface area contributed by atoms with Gasteiger partial charge in [-0.2, -0.15) is 0 Å². The molecule has 2 amide bonds. The minimum atomic E-state index is -0.458. The van der Waals surface area contributed by atoms with Gasteiger partial charge in [0.05, 0.1) is 17.5 Å². The smallest absolute Gasteiger partial charge is 0.276 e. The number of benzene rings is 2. The van der Waals surface area contributed by atoms with Gasteiger partial charge in [-0.1, -0.05) is 28.1 Å². The SMILES string of the molecule is O=C(COc1ccc(Br)cc1)NNC(=O)Cc1nc2ccccc2[nH]1. The molecule has 0 spiro atoms. The van der Waals surface area contributed by atoms with Crippen LogP contribution >= 0.6 is 15.9 Å². The predicted octanol–water partition coefficient (Wildman–Crippen LogP) is 2.09. The number of hydrogen-bond acceptors (Lipinski definition) is 4. The molecule has 0 bridgehead atoms. The highest BCUT2D eigenvalue weighted by Crippen LogP contribution is 2.15. The second kappa shape index (κ2) is 7.80. The minimum Gasteiger partial charge on any atom is -0.484 e. The minimum absolute atomic E-state index is 0.0303. The highest BCUT2D eigenvalue weighted by Gasteiger charge is 2.09. The number of ether oxygens (including phenoxy) is 1. The van der Waals surface area contributed by atoms with Gasteiger partial charge in [-0.05, 0) is 36.4 Å². The largest absolute Gasteiger partial charge is 0.484 e. The summed E-state index contributed by atoms with van der Waals surface area (Å²) < 4.78 is 6.23. The van der Waals surface area contributed by atoms with Crippen LogP contribution < -0.4 is 15.6 Å². The van der Waals surface area contributed by atoms with Crippen molar-refractivity contribution in [3.63, 3.8) is 0 Å². The van der Waals surface area contributed by atoms with Gasteiger partial charge in [-0.15, -0.1) is 0 Å². The average Bonchev–Trinajstić information content (AvgIpc) is 3.01. The lowest BCUT2D eigenvalue weighted by Gasteiger charge is -2.08. The lowest BCUT2D eigenvalue weighted by atomic mass is 10.3. The van der Waals surface area contributed by atoms with E-state index in [1.165, 1.54) is 0 Å². The topological polar surface area (TPSA) is 96.1 Å². The fraction of sp³-hybridized carbons (Fsp3) is 0.118. The van der Waals surface area contributed by atoms with Crippen molar-refractivity contribution in [3.05, 3.63) is 58.8 Å². The van der Waals surface area contributed by atoms with E-state index in [2.05, 4.69) is 36.7 Å². The van der Waals surface area contributed by atoms with Crippen molar-refractivity contribution in [2.24, 2.45) is 0 Å². The molecule has 1 heterocycles. The number of rotatable bonds is 5. The molecule has 0 atom stereocenters. The summed E-state index contributed by atoms with van der Waals surface area (Å²) in [5.74, 6) is 0.253.